The van der Waals surface area contributed by atoms with E-state index in [1.165, 1.54) is 0 Å². The highest BCUT2D eigenvalue weighted by Crippen LogP contribution is 2.47. The number of carbonyl (C=O) groups excluding carboxylic acids is 4. The predicted molar refractivity (Wildman–Crippen MR) is 80.5 cm³/mol. The lowest BCUT2D eigenvalue weighted by atomic mass is 9.82. The summed E-state index contributed by atoms with van der Waals surface area (Å²) >= 11 is 1.13. The predicted octanol–water partition coefficient (Wildman–Crippen LogP) is 1.39. The van der Waals surface area contributed by atoms with Crippen LogP contribution in [0.2, 0.25) is 0 Å². The highest BCUT2D eigenvalue weighted by molar-refractivity contribution is 7.17. The van der Waals surface area contributed by atoms with E-state index < -0.39 is 23.6 Å². The molecule has 1 aromatic heterocycles. The maximum atomic E-state index is 12.5. The minimum atomic E-state index is -0.923. The van der Waals surface area contributed by atoms with Crippen LogP contribution in [0.1, 0.15) is 47.0 Å². The largest absolute Gasteiger partial charge is 0.462 e. The van der Waals surface area contributed by atoms with Crippen molar-refractivity contribution in [1.29, 1.82) is 0 Å². The summed E-state index contributed by atoms with van der Waals surface area (Å²) in [5.41, 5.74) is 0.639. The van der Waals surface area contributed by atoms with Gasteiger partial charge in [0.15, 0.2) is 0 Å². The minimum Gasteiger partial charge on any atom is -0.462 e. The normalized spacial score (nSPS) is 19.8. The van der Waals surface area contributed by atoms with Crippen LogP contribution >= 0.6 is 11.3 Å². The molecule has 23 heavy (non-hydrogen) atoms. The van der Waals surface area contributed by atoms with Crippen LogP contribution in [0.3, 0.4) is 0 Å². The summed E-state index contributed by atoms with van der Waals surface area (Å²) in [5.74, 6) is -3.22. The molecule has 1 amide bonds. The van der Waals surface area contributed by atoms with E-state index in [-0.39, 0.29) is 42.4 Å². The van der Waals surface area contributed by atoms with E-state index in [0.717, 1.165) is 16.4 Å². The topological polar surface area (TPSA) is 90.0 Å². The Morgan fingerprint density at radius 1 is 1.26 bits per heavy atom. The second kappa shape index (κ2) is 5.86. The van der Waals surface area contributed by atoms with Crippen molar-refractivity contribution >= 4 is 39.8 Å². The highest BCUT2D eigenvalue weighted by Gasteiger charge is 2.47. The molecule has 2 aliphatic rings. The monoisotopic (exact) mass is 337 g/mol. The summed E-state index contributed by atoms with van der Waals surface area (Å²) in [6.45, 7) is 3.68. The number of carbonyl (C=O) groups is 4. The van der Waals surface area contributed by atoms with E-state index in [0.29, 0.717) is 10.4 Å². The molecule has 1 unspecified atom stereocenters. The highest BCUT2D eigenvalue weighted by atomic mass is 32.1. The maximum Gasteiger partial charge on any atom is 0.341 e. The molecule has 0 saturated heterocycles. The van der Waals surface area contributed by atoms with Gasteiger partial charge in [-0.15, -0.1) is 11.3 Å². The molecule has 0 fully saturated rings. The number of esters is 1. The molecule has 0 spiro atoms. The fourth-order valence-corrected chi connectivity index (χ4v) is 4.25. The zero-order valence-electron chi connectivity index (χ0n) is 12.7. The van der Waals surface area contributed by atoms with Crippen molar-refractivity contribution in [2.75, 3.05) is 18.3 Å². The van der Waals surface area contributed by atoms with Crippen LogP contribution in [0.25, 0.3) is 0 Å². The molecular weight excluding hydrogens is 322 g/mol. The molecule has 1 aliphatic carbocycles. The van der Waals surface area contributed by atoms with Gasteiger partial charge in [-0.05, 0) is 19.4 Å². The number of anilines is 1. The first-order valence-electron chi connectivity index (χ1n) is 7.35. The number of amides is 1. The van der Waals surface area contributed by atoms with E-state index >= 15 is 0 Å². The van der Waals surface area contributed by atoms with Crippen LogP contribution < -0.4 is 5.06 Å². The SMILES string of the molecule is CCOC(=O)c1c2sc3c1C(CC(=O)C3)C(=O)C(=O)N2OCC. The van der Waals surface area contributed by atoms with Crippen LogP contribution in [0.15, 0.2) is 0 Å². The Kier molecular flexibility index (Phi) is 4.03. The molecule has 2 heterocycles. The quantitative estimate of drug-likeness (QED) is 0.609. The molecule has 3 rings (SSSR count). The summed E-state index contributed by atoms with van der Waals surface area (Å²) in [7, 11) is 0. The van der Waals surface area contributed by atoms with E-state index in [4.69, 9.17) is 9.57 Å². The summed E-state index contributed by atoms with van der Waals surface area (Å²) in [4.78, 5) is 55.0. The maximum absolute atomic E-state index is 12.5. The molecule has 7 nitrogen and oxygen atoms in total. The first-order chi connectivity index (χ1) is 11.0. The van der Waals surface area contributed by atoms with Crippen molar-refractivity contribution in [1.82, 2.24) is 0 Å². The van der Waals surface area contributed by atoms with Crippen LogP contribution in [0, 0.1) is 0 Å². The molecule has 0 N–H and O–H groups in total. The Labute approximate surface area is 136 Å². The standard InChI is InChI=1S/C15H15NO6S/c1-3-21-15(20)11-10-8-5-7(17)6-9(10)23-14(11)16(22-4-2)13(19)12(8)18/h8H,3-6H2,1-2H3. The Morgan fingerprint density at radius 3 is 2.65 bits per heavy atom. The van der Waals surface area contributed by atoms with E-state index in [1.807, 2.05) is 0 Å². The van der Waals surface area contributed by atoms with Crippen molar-refractivity contribution in [3.05, 3.63) is 16.0 Å². The molecule has 122 valence electrons. The molecule has 1 aliphatic heterocycles. The lowest BCUT2D eigenvalue weighted by molar-refractivity contribution is -0.142. The van der Waals surface area contributed by atoms with Gasteiger partial charge in [-0.1, -0.05) is 0 Å². The zero-order valence-corrected chi connectivity index (χ0v) is 13.5. The number of nitrogens with zero attached hydrogens (tertiary/aromatic N) is 1. The Balaban J connectivity index is 2.24. The third kappa shape index (κ3) is 2.38. The van der Waals surface area contributed by atoms with Crippen LogP contribution in [0.5, 0.6) is 0 Å². The summed E-state index contributed by atoms with van der Waals surface area (Å²) < 4.78 is 5.07. The molecule has 1 aromatic rings. The number of Topliss-reactive ketones (excluding diaryl/α,β-unsaturated/α-hetero) is 2. The number of hydrogen-bond donors (Lipinski definition) is 0. The molecule has 0 radical (unpaired) electrons. The average molecular weight is 337 g/mol. The van der Waals surface area contributed by atoms with Gasteiger partial charge in [0.25, 0.3) is 0 Å². The van der Waals surface area contributed by atoms with E-state index in [9.17, 15) is 19.2 Å². The molecule has 0 aromatic carbocycles. The number of ketones is 2. The number of ether oxygens (including phenoxy) is 1. The van der Waals surface area contributed by atoms with Gasteiger partial charge in [-0.3, -0.25) is 19.2 Å². The first-order valence-corrected chi connectivity index (χ1v) is 8.16. The van der Waals surface area contributed by atoms with Gasteiger partial charge in [0.05, 0.1) is 19.1 Å². The Hall–Kier alpha value is -2.06. The Bertz CT molecular complexity index is 722. The van der Waals surface area contributed by atoms with Gasteiger partial charge in [0.2, 0.25) is 5.78 Å². The molecule has 0 saturated carbocycles. The van der Waals surface area contributed by atoms with Crippen molar-refractivity contribution in [2.45, 2.75) is 32.6 Å². The number of hydrogen-bond acceptors (Lipinski definition) is 7. The first kappa shape index (κ1) is 15.8. The van der Waals surface area contributed by atoms with Gasteiger partial charge < -0.3 is 4.74 Å². The second-order valence-electron chi connectivity index (χ2n) is 5.19. The van der Waals surface area contributed by atoms with Crippen LogP contribution in [-0.4, -0.2) is 36.7 Å². The number of fused-ring (bicyclic) bond motifs is 1. The summed E-state index contributed by atoms with van der Waals surface area (Å²) in [5, 5.41) is 1.10. The summed E-state index contributed by atoms with van der Waals surface area (Å²) in [6, 6.07) is 0. The zero-order chi connectivity index (χ0) is 16.7. The van der Waals surface area contributed by atoms with Gasteiger partial charge in [-0.25, -0.2) is 4.79 Å². The third-order valence-corrected chi connectivity index (χ3v) is 4.95. The number of rotatable bonds is 4. The molecule has 8 heteroatoms. The number of hydroxylamine groups is 1. The fourth-order valence-electron chi connectivity index (χ4n) is 2.91. The molecule has 1 atom stereocenters. The van der Waals surface area contributed by atoms with Gasteiger partial charge in [0, 0.05) is 17.7 Å². The van der Waals surface area contributed by atoms with Crippen molar-refractivity contribution < 1.29 is 28.8 Å². The summed E-state index contributed by atoms with van der Waals surface area (Å²) in [6.07, 6.45) is 0.0878. The van der Waals surface area contributed by atoms with E-state index in [2.05, 4.69) is 0 Å². The lowest BCUT2D eigenvalue weighted by Crippen LogP contribution is -2.39. The lowest BCUT2D eigenvalue weighted by Gasteiger charge is -2.22. The van der Waals surface area contributed by atoms with Gasteiger partial charge in [0.1, 0.15) is 16.3 Å². The fraction of sp³-hybridized carbons (Fsp3) is 0.467. The second-order valence-corrected chi connectivity index (χ2v) is 6.28. The Morgan fingerprint density at radius 2 is 2.00 bits per heavy atom. The van der Waals surface area contributed by atoms with Gasteiger partial charge in [-0.2, -0.15) is 5.06 Å². The van der Waals surface area contributed by atoms with Crippen molar-refractivity contribution in [3.63, 3.8) is 0 Å². The van der Waals surface area contributed by atoms with Crippen molar-refractivity contribution in [2.24, 2.45) is 0 Å². The van der Waals surface area contributed by atoms with E-state index in [1.54, 1.807) is 13.8 Å². The third-order valence-electron chi connectivity index (χ3n) is 3.78. The van der Waals surface area contributed by atoms with Crippen LogP contribution in [-0.2, 0) is 30.4 Å². The number of thiophene rings is 1. The molecular formula is C15H15NO6S. The van der Waals surface area contributed by atoms with Crippen molar-refractivity contribution in [3.8, 4) is 0 Å². The average Bonchev–Trinajstić information content (AvgIpc) is 2.86. The smallest absolute Gasteiger partial charge is 0.341 e. The molecule has 2 bridgehead atoms. The minimum absolute atomic E-state index is 0.0693. The van der Waals surface area contributed by atoms with Gasteiger partial charge >= 0.3 is 11.9 Å². The van der Waals surface area contributed by atoms with Crippen LogP contribution in [0.4, 0.5) is 5.00 Å².